The summed E-state index contributed by atoms with van der Waals surface area (Å²) in [6, 6.07) is 17.9. The van der Waals surface area contributed by atoms with Gasteiger partial charge < -0.3 is 5.32 Å². The van der Waals surface area contributed by atoms with Crippen LogP contribution in [0.15, 0.2) is 54.6 Å². The summed E-state index contributed by atoms with van der Waals surface area (Å²) >= 11 is 0. The molecule has 0 aliphatic carbocycles. The molecule has 0 unspecified atom stereocenters. The lowest BCUT2D eigenvalue weighted by molar-refractivity contribution is -0.131. The molecule has 0 aromatic heterocycles. The van der Waals surface area contributed by atoms with Gasteiger partial charge in [0.1, 0.15) is 5.54 Å². The van der Waals surface area contributed by atoms with Gasteiger partial charge in [-0.3, -0.25) is 9.69 Å². The van der Waals surface area contributed by atoms with Crippen LogP contribution in [0.4, 0.5) is 4.79 Å². The summed E-state index contributed by atoms with van der Waals surface area (Å²) in [5, 5.41) is 2.88. The smallest absolute Gasteiger partial charge is 0.323 e. The minimum atomic E-state index is -0.786. The highest BCUT2D eigenvalue weighted by Crippen LogP contribution is 2.26. The van der Waals surface area contributed by atoms with Gasteiger partial charge in [-0.25, -0.2) is 4.79 Å². The Bertz CT molecular complexity index is 784. The van der Waals surface area contributed by atoms with Gasteiger partial charge in [0.15, 0.2) is 0 Å². The van der Waals surface area contributed by atoms with Crippen molar-refractivity contribution in [3.05, 3.63) is 60.2 Å². The summed E-state index contributed by atoms with van der Waals surface area (Å²) in [7, 11) is 0. The number of carbonyl (C=O) groups is 2. The lowest BCUT2D eigenvalue weighted by Gasteiger charge is -2.22. The van der Waals surface area contributed by atoms with Gasteiger partial charge >= 0.3 is 6.03 Å². The molecule has 1 atom stereocenters. The van der Waals surface area contributed by atoms with Gasteiger partial charge in [0.05, 0.1) is 6.54 Å². The van der Waals surface area contributed by atoms with Crippen molar-refractivity contribution in [1.82, 2.24) is 10.2 Å². The van der Waals surface area contributed by atoms with Crippen molar-refractivity contribution in [2.45, 2.75) is 45.7 Å². The van der Waals surface area contributed by atoms with Crippen molar-refractivity contribution in [1.29, 1.82) is 0 Å². The third kappa shape index (κ3) is 3.79. The molecule has 1 aliphatic heterocycles. The van der Waals surface area contributed by atoms with Crippen LogP contribution in [-0.2, 0) is 11.3 Å². The molecular weight excluding hydrogens is 324 g/mol. The van der Waals surface area contributed by atoms with Crippen molar-refractivity contribution in [3.8, 4) is 11.1 Å². The van der Waals surface area contributed by atoms with Crippen molar-refractivity contribution in [3.63, 3.8) is 0 Å². The molecule has 1 saturated heterocycles. The van der Waals surface area contributed by atoms with Crippen LogP contribution < -0.4 is 5.32 Å². The van der Waals surface area contributed by atoms with E-state index in [9.17, 15) is 9.59 Å². The molecular formula is C22H26N2O2. The van der Waals surface area contributed by atoms with E-state index in [1.54, 1.807) is 0 Å². The number of urea groups is 1. The molecule has 0 bridgehead atoms. The molecule has 4 nitrogen and oxygen atoms in total. The average molecular weight is 350 g/mol. The van der Waals surface area contributed by atoms with E-state index in [1.807, 2.05) is 49.4 Å². The largest absolute Gasteiger partial charge is 0.325 e. The number of hydrogen-bond donors (Lipinski definition) is 1. The van der Waals surface area contributed by atoms with Crippen LogP contribution in [0.1, 0.15) is 39.2 Å². The van der Waals surface area contributed by atoms with Crippen LogP contribution in [0.2, 0.25) is 0 Å². The van der Waals surface area contributed by atoms with E-state index in [1.165, 1.54) is 4.90 Å². The van der Waals surface area contributed by atoms with Crippen molar-refractivity contribution in [2.24, 2.45) is 5.92 Å². The molecule has 1 fully saturated rings. The summed E-state index contributed by atoms with van der Waals surface area (Å²) in [5.41, 5.74) is 2.43. The SMILES string of the molecule is CC(C)CC[C@@]1(C)NC(=O)N(Cc2ccc(-c3ccccc3)cc2)C1=O. The summed E-state index contributed by atoms with van der Waals surface area (Å²) in [5.74, 6) is 0.367. The first-order valence-electron chi connectivity index (χ1n) is 9.17. The van der Waals surface area contributed by atoms with E-state index in [-0.39, 0.29) is 11.9 Å². The van der Waals surface area contributed by atoms with Gasteiger partial charge in [0.25, 0.3) is 5.91 Å². The van der Waals surface area contributed by atoms with Gasteiger partial charge in [0, 0.05) is 0 Å². The number of hydrogen-bond acceptors (Lipinski definition) is 2. The summed E-state index contributed by atoms with van der Waals surface area (Å²) in [6.07, 6.45) is 1.57. The highest BCUT2D eigenvalue weighted by Gasteiger charge is 2.47. The Morgan fingerprint density at radius 1 is 0.962 bits per heavy atom. The van der Waals surface area contributed by atoms with Crippen LogP contribution in [0.3, 0.4) is 0 Å². The molecule has 0 spiro atoms. The van der Waals surface area contributed by atoms with E-state index in [2.05, 4.69) is 31.3 Å². The van der Waals surface area contributed by atoms with Crippen LogP contribution in [0.5, 0.6) is 0 Å². The maximum atomic E-state index is 12.8. The van der Waals surface area contributed by atoms with Crippen molar-refractivity contribution >= 4 is 11.9 Å². The van der Waals surface area contributed by atoms with Gasteiger partial charge in [-0.2, -0.15) is 0 Å². The van der Waals surface area contributed by atoms with Gasteiger partial charge in [-0.15, -0.1) is 0 Å². The average Bonchev–Trinajstić information content (AvgIpc) is 2.85. The van der Waals surface area contributed by atoms with Crippen LogP contribution in [0.25, 0.3) is 11.1 Å². The summed E-state index contributed by atoms with van der Waals surface area (Å²) < 4.78 is 0. The highest BCUT2D eigenvalue weighted by atomic mass is 16.2. The molecule has 4 heteroatoms. The predicted molar refractivity (Wildman–Crippen MR) is 103 cm³/mol. The van der Waals surface area contributed by atoms with E-state index >= 15 is 0 Å². The minimum absolute atomic E-state index is 0.129. The fourth-order valence-corrected chi connectivity index (χ4v) is 3.25. The van der Waals surface area contributed by atoms with E-state index in [0.29, 0.717) is 18.9 Å². The fraction of sp³-hybridized carbons (Fsp3) is 0.364. The zero-order chi connectivity index (χ0) is 18.7. The standard InChI is InChI=1S/C22H26N2O2/c1-16(2)13-14-22(3)20(25)24(21(26)23-22)15-17-9-11-19(12-10-17)18-7-5-4-6-8-18/h4-12,16H,13-15H2,1-3H3,(H,23,26)/t22-/m1/s1. The first kappa shape index (κ1) is 18.2. The van der Waals surface area contributed by atoms with Gasteiger partial charge in [0.2, 0.25) is 0 Å². The number of nitrogens with one attached hydrogen (secondary N) is 1. The summed E-state index contributed by atoms with van der Waals surface area (Å²) in [6.45, 7) is 6.37. The lowest BCUT2D eigenvalue weighted by Crippen LogP contribution is -2.44. The van der Waals surface area contributed by atoms with Gasteiger partial charge in [-0.1, -0.05) is 68.4 Å². The Kier molecular flexibility index (Phi) is 5.12. The topological polar surface area (TPSA) is 49.4 Å². The zero-order valence-electron chi connectivity index (χ0n) is 15.7. The fourth-order valence-electron chi connectivity index (χ4n) is 3.25. The lowest BCUT2D eigenvalue weighted by atomic mass is 9.92. The Morgan fingerprint density at radius 3 is 2.19 bits per heavy atom. The molecule has 1 heterocycles. The maximum absolute atomic E-state index is 12.8. The maximum Gasteiger partial charge on any atom is 0.325 e. The normalized spacial score (nSPS) is 19.9. The number of carbonyl (C=O) groups excluding carboxylic acids is 2. The number of rotatable bonds is 6. The molecule has 0 radical (unpaired) electrons. The molecule has 3 amide bonds. The van der Waals surface area contributed by atoms with Crippen LogP contribution >= 0.6 is 0 Å². The Balaban J connectivity index is 1.70. The first-order chi connectivity index (χ1) is 12.4. The number of imide groups is 1. The van der Waals surface area contributed by atoms with E-state index in [0.717, 1.165) is 23.1 Å². The second-order valence-corrected chi connectivity index (χ2v) is 7.65. The molecule has 2 aromatic carbocycles. The molecule has 1 N–H and O–H groups in total. The van der Waals surface area contributed by atoms with E-state index < -0.39 is 5.54 Å². The second kappa shape index (κ2) is 7.32. The third-order valence-electron chi connectivity index (χ3n) is 4.97. The molecule has 1 aliphatic rings. The minimum Gasteiger partial charge on any atom is -0.323 e. The zero-order valence-corrected chi connectivity index (χ0v) is 15.7. The molecule has 136 valence electrons. The highest BCUT2D eigenvalue weighted by molar-refractivity contribution is 6.06. The number of nitrogens with zero attached hydrogens (tertiary/aromatic N) is 1. The Hall–Kier alpha value is -2.62. The van der Waals surface area contributed by atoms with Gasteiger partial charge in [-0.05, 0) is 42.4 Å². The second-order valence-electron chi connectivity index (χ2n) is 7.65. The quantitative estimate of drug-likeness (QED) is 0.774. The molecule has 2 aromatic rings. The monoisotopic (exact) mass is 350 g/mol. The predicted octanol–water partition coefficient (Wildman–Crippen LogP) is 4.60. The Labute approximate surface area is 155 Å². The number of amides is 3. The molecule has 26 heavy (non-hydrogen) atoms. The number of benzene rings is 2. The van der Waals surface area contributed by atoms with Crippen LogP contribution in [0, 0.1) is 5.92 Å². The third-order valence-corrected chi connectivity index (χ3v) is 4.97. The van der Waals surface area contributed by atoms with Crippen molar-refractivity contribution in [2.75, 3.05) is 0 Å². The summed E-state index contributed by atoms with van der Waals surface area (Å²) in [4.78, 5) is 26.4. The van der Waals surface area contributed by atoms with E-state index in [4.69, 9.17) is 0 Å². The molecule has 3 rings (SSSR count). The Morgan fingerprint density at radius 2 is 1.58 bits per heavy atom. The molecule has 0 saturated carbocycles. The van der Waals surface area contributed by atoms with Crippen molar-refractivity contribution < 1.29 is 9.59 Å². The first-order valence-corrected chi connectivity index (χ1v) is 9.17. The van der Waals surface area contributed by atoms with Crippen LogP contribution in [-0.4, -0.2) is 22.4 Å².